The zero-order chi connectivity index (χ0) is 21.2. The average Bonchev–Trinajstić information content (AvgIpc) is 3.20. The first kappa shape index (κ1) is 21.5. The van der Waals surface area contributed by atoms with E-state index in [1.165, 1.54) is 0 Å². The van der Waals surface area contributed by atoms with Gasteiger partial charge in [-0.25, -0.2) is 9.78 Å². The number of rotatable bonds is 8. The number of aliphatic imine (C=N–C) groups is 1. The summed E-state index contributed by atoms with van der Waals surface area (Å²) in [5.74, 6) is 0.376. The molecule has 0 radical (unpaired) electrons. The first-order chi connectivity index (χ1) is 14.6. The van der Waals surface area contributed by atoms with Crippen LogP contribution >= 0.6 is 11.3 Å². The molecule has 3 rings (SSSR count). The minimum Gasteiger partial charge on any atom is -0.457 e. The molecule has 0 aliphatic heterocycles. The lowest BCUT2D eigenvalue weighted by molar-refractivity contribution is 0.0472. The van der Waals surface area contributed by atoms with Gasteiger partial charge in [0.1, 0.15) is 6.61 Å². The van der Waals surface area contributed by atoms with Crippen LogP contribution in [0, 0.1) is 6.92 Å². The second kappa shape index (κ2) is 11.1. The fourth-order valence-electron chi connectivity index (χ4n) is 2.85. The molecule has 0 saturated heterocycles. The highest BCUT2D eigenvalue weighted by atomic mass is 32.1. The molecule has 1 heterocycles. The number of nitrogens with one attached hydrogen (secondary N) is 2. The smallest absolute Gasteiger partial charge is 0.338 e. The zero-order valence-corrected chi connectivity index (χ0v) is 18.0. The fraction of sp³-hybridized carbons (Fsp3) is 0.261. The summed E-state index contributed by atoms with van der Waals surface area (Å²) < 4.78 is 5.41. The quantitative estimate of drug-likeness (QED) is 0.329. The van der Waals surface area contributed by atoms with Crippen molar-refractivity contribution in [2.45, 2.75) is 26.5 Å². The highest BCUT2D eigenvalue weighted by molar-refractivity contribution is 7.09. The average molecular weight is 423 g/mol. The van der Waals surface area contributed by atoms with Gasteiger partial charge in [-0.1, -0.05) is 42.5 Å². The third kappa shape index (κ3) is 6.70. The monoisotopic (exact) mass is 422 g/mol. The first-order valence-corrected chi connectivity index (χ1v) is 10.7. The van der Waals surface area contributed by atoms with E-state index in [2.05, 4.69) is 26.0 Å². The molecule has 0 saturated carbocycles. The molecular weight excluding hydrogens is 396 g/mol. The van der Waals surface area contributed by atoms with Gasteiger partial charge in [0, 0.05) is 31.9 Å². The Hall–Kier alpha value is -3.19. The molecule has 0 bridgehead atoms. The Morgan fingerprint density at radius 2 is 1.90 bits per heavy atom. The van der Waals surface area contributed by atoms with Gasteiger partial charge < -0.3 is 15.4 Å². The summed E-state index contributed by atoms with van der Waals surface area (Å²) in [4.78, 5) is 21.1. The van der Waals surface area contributed by atoms with Crippen LogP contribution < -0.4 is 10.6 Å². The topological polar surface area (TPSA) is 75.6 Å². The van der Waals surface area contributed by atoms with Gasteiger partial charge in [0.15, 0.2) is 5.96 Å². The van der Waals surface area contributed by atoms with Crippen LogP contribution in [0.1, 0.15) is 32.2 Å². The Kier molecular flexibility index (Phi) is 7.97. The molecule has 0 spiro atoms. The number of esters is 1. The van der Waals surface area contributed by atoms with Crippen LogP contribution in [0.2, 0.25) is 0 Å². The minimum atomic E-state index is -0.332. The van der Waals surface area contributed by atoms with E-state index in [0.29, 0.717) is 18.1 Å². The second-order valence-electron chi connectivity index (χ2n) is 6.72. The van der Waals surface area contributed by atoms with Crippen LogP contribution in [0.15, 0.2) is 65.0 Å². The molecular formula is C23H26N4O2S. The third-order valence-corrected chi connectivity index (χ3v) is 5.22. The molecule has 2 N–H and O–H groups in total. The molecule has 30 heavy (non-hydrogen) atoms. The third-order valence-electron chi connectivity index (χ3n) is 4.40. The van der Waals surface area contributed by atoms with Crippen molar-refractivity contribution in [3.05, 3.63) is 87.4 Å². The molecule has 2 aromatic carbocycles. The zero-order valence-electron chi connectivity index (χ0n) is 17.2. The van der Waals surface area contributed by atoms with E-state index in [1.54, 1.807) is 24.5 Å². The molecule has 0 atom stereocenters. The number of benzene rings is 2. The van der Waals surface area contributed by atoms with Gasteiger partial charge >= 0.3 is 5.97 Å². The normalized spacial score (nSPS) is 11.2. The molecule has 0 unspecified atom stereocenters. The number of guanidine groups is 1. The van der Waals surface area contributed by atoms with Crippen LogP contribution in [0.5, 0.6) is 0 Å². The molecule has 0 aliphatic rings. The molecule has 0 amide bonds. The van der Waals surface area contributed by atoms with Crippen LogP contribution in [0.25, 0.3) is 0 Å². The van der Waals surface area contributed by atoms with Gasteiger partial charge in [-0.05, 0) is 30.2 Å². The van der Waals surface area contributed by atoms with Gasteiger partial charge in [-0.2, -0.15) is 0 Å². The number of nitrogens with zero attached hydrogens (tertiary/aromatic N) is 2. The predicted molar refractivity (Wildman–Crippen MR) is 121 cm³/mol. The van der Waals surface area contributed by atoms with Gasteiger partial charge in [0.05, 0.1) is 16.3 Å². The molecule has 0 fully saturated rings. The molecule has 0 aliphatic carbocycles. The number of carbonyl (C=O) groups is 1. The number of ether oxygens (including phenoxy) is 1. The summed E-state index contributed by atoms with van der Waals surface area (Å²) in [6.45, 7) is 3.56. The van der Waals surface area contributed by atoms with E-state index >= 15 is 0 Å². The van der Waals surface area contributed by atoms with E-state index in [9.17, 15) is 4.79 Å². The summed E-state index contributed by atoms with van der Waals surface area (Å²) >= 11 is 1.66. The highest BCUT2D eigenvalue weighted by Gasteiger charge is 2.09. The predicted octanol–water partition coefficient (Wildman–Crippen LogP) is 3.72. The fourth-order valence-corrected chi connectivity index (χ4v) is 3.50. The number of hydrogen-bond acceptors (Lipinski definition) is 5. The largest absolute Gasteiger partial charge is 0.457 e. The van der Waals surface area contributed by atoms with Gasteiger partial charge in [0.25, 0.3) is 0 Å². The summed E-state index contributed by atoms with van der Waals surface area (Å²) in [5.41, 5.74) is 3.56. The Morgan fingerprint density at radius 1 is 1.10 bits per heavy atom. The lowest BCUT2D eigenvalue weighted by atomic mass is 10.1. The Balaban J connectivity index is 1.47. The number of aromatic nitrogens is 1. The minimum absolute atomic E-state index is 0.261. The molecule has 7 heteroatoms. The van der Waals surface area contributed by atoms with Crippen LogP contribution in [-0.2, 0) is 24.3 Å². The number of carbonyl (C=O) groups excluding carboxylic acids is 1. The van der Waals surface area contributed by atoms with Crippen molar-refractivity contribution in [3.63, 3.8) is 0 Å². The van der Waals surface area contributed by atoms with Crippen LogP contribution in [0.4, 0.5) is 0 Å². The number of aryl methyl sites for hydroxylation is 1. The van der Waals surface area contributed by atoms with E-state index in [0.717, 1.165) is 34.8 Å². The maximum atomic E-state index is 12.4. The Bertz CT molecular complexity index is 986. The highest BCUT2D eigenvalue weighted by Crippen LogP contribution is 2.10. The molecule has 3 aromatic rings. The maximum Gasteiger partial charge on any atom is 0.338 e. The summed E-state index contributed by atoms with van der Waals surface area (Å²) in [7, 11) is 1.74. The van der Waals surface area contributed by atoms with Crippen molar-refractivity contribution in [1.82, 2.24) is 15.6 Å². The summed E-state index contributed by atoms with van der Waals surface area (Å²) in [6.07, 6.45) is 0.841. The van der Waals surface area contributed by atoms with E-state index in [-0.39, 0.29) is 12.6 Å². The van der Waals surface area contributed by atoms with Crippen LogP contribution in [-0.4, -0.2) is 30.5 Å². The molecule has 156 valence electrons. The van der Waals surface area contributed by atoms with Gasteiger partial charge in [-0.3, -0.25) is 4.99 Å². The standard InChI is InChI=1S/C23H26N4O2S/c1-17-27-21(16-30-17)11-12-25-23(24-2)26-14-19-9-6-10-20(13-19)22(28)29-15-18-7-4-3-5-8-18/h3-10,13,16H,11-12,14-15H2,1-2H3,(H2,24,25,26). The second-order valence-corrected chi connectivity index (χ2v) is 7.78. The Labute approximate surface area is 181 Å². The van der Waals surface area contributed by atoms with Crippen molar-refractivity contribution in [2.24, 2.45) is 4.99 Å². The molecule has 1 aromatic heterocycles. The van der Waals surface area contributed by atoms with Gasteiger partial charge in [-0.15, -0.1) is 11.3 Å². The SMILES string of the molecule is CN=C(NCCc1csc(C)n1)NCc1cccc(C(=O)OCc2ccccc2)c1. The lowest BCUT2D eigenvalue weighted by Gasteiger charge is -2.12. The van der Waals surface area contributed by atoms with E-state index < -0.39 is 0 Å². The van der Waals surface area contributed by atoms with E-state index in [4.69, 9.17) is 4.74 Å². The number of hydrogen-bond donors (Lipinski definition) is 2. The summed E-state index contributed by atoms with van der Waals surface area (Å²) in [6, 6.07) is 17.1. The van der Waals surface area contributed by atoms with Crippen molar-refractivity contribution in [1.29, 1.82) is 0 Å². The maximum absolute atomic E-state index is 12.4. The van der Waals surface area contributed by atoms with E-state index in [1.807, 2.05) is 55.5 Å². The summed E-state index contributed by atoms with van der Waals surface area (Å²) in [5, 5.41) is 9.71. The molecule has 6 nitrogen and oxygen atoms in total. The van der Waals surface area contributed by atoms with Crippen molar-refractivity contribution in [2.75, 3.05) is 13.6 Å². The first-order valence-electron chi connectivity index (χ1n) is 9.79. The Morgan fingerprint density at radius 3 is 2.63 bits per heavy atom. The van der Waals surface area contributed by atoms with Gasteiger partial charge in [0.2, 0.25) is 0 Å². The van der Waals surface area contributed by atoms with Crippen molar-refractivity contribution in [3.8, 4) is 0 Å². The van der Waals surface area contributed by atoms with Crippen molar-refractivity contribution >= 4 is 23.3 Å². The lowest BCUT2D eigenvalue weighted by Crippen LogP contribution is -2.37. The van der Waals surface area contributed by atoms with Crippen LogP contribution in [0.3, 0.4) is 0 Å². The van der Waals surface area contributed by atoms with Crippen molar-refractivity contribution < 1.29 is 9.53 Å². The number of thiazole rings is 1.